The second kappa shape index (κ2) is 6.02. The fraction of sp³-hybridized carbons (Fsp3) is 0.786. The summed E-state index contributed by atoms with van der Waals surface area (Å²) >= 11 is 1.74. The molecule has 0 aliphatic rings. The van der Waals surface area contributed by atoms with Crippen LogP contribution in [0.25, 0.3) is 0 Å². The van der Waals surface area contributed by atoms with Crippen molar-refractivity contribution in [2.45, 2.75) is 65.5 Å². The Bertz CT molecular complexity index is 375. The topological polar surface area (TPSA) is 42.2 Å². The van der Waals surface area contributed by atoms with Crippen LogP contribution in [0, 0.1) is 0 Å². The maximum absolute atomic E-state index is 5.85. The number of hydrogen-bond donors (Lipinski definition) is 1. The summed E-state index contributed by atoms with van der Waals surface area (Å²) in [6, 6.07) is 0.564. The number of aromatic nitrogens is 1. The highest BCUT2D eigenvalue weighted by Gasteiger charge is 2.24. The van der Waals surface area contributed by atoms with Crippen molar-refractivity contribution in [2.24, 2.45) is 5.73 Å². The third-order valence-electron chi connectivity index (χ3n) is 3.37. The van der Waals surface area contributed by atoms with Gasteiger partial charge in [0, 0.05) is 29.9 Å². The van der Waals surface area contributed by atoms with E-state index < -0.39 is 0 Å². The lowest BCUT2D eigenvalue weighted by Gasteiger charge is -2.25. The molecule has 104 valence electrons. The van der Waals surface area contributed by atoms with Gasteiger partial charge in [-0.2, -0.15) is 0 Å². The number of nitrogens with zero attached hydrogens (tertiary/aromatic N) is 2. The van der Waals surface area contributed by atoms with E-state index in [1.54, 1.807) is 11.3 Å². The van der Waals surface area contributed by atoms with Gasteiger partial charge in [0.25, 0.3) is 0 Å². The minimum absolute atomic E-state index is 0.0677. The van der Waals surface area contributed by atoms with Crippen LogP contribution in [-0.2, 0) is 12.0 Å². The zero-order valence-corrected chi connectivity index (χ0v) is 13.4. The van der Waals surface area contributed by atoms with Gasteiger partial charge in [0.15, 0.2) is 5.13 Å². The van der Waals surface area contributed by atoms with Gasteiger partial charge in [0.05, 0.1) is 5.69 Å². The highest BCUT2D eigenvalue weighted by Crippen LogP contribution is 2.34. The van der Waals surface area contributed by atoms with Crippen LogP contribution in [0.1, 0.15) is 58.0 Å². The zero-order valence-electron chi connectivity index (χ0n) is 12.6. The molecule has 0 atom stereocenters. The van der Waals surface area contributed by atoms with Crippen LogP contribution in [0.15, 0.2) is 0 Å². The largest absolute Gasteiger partial charge is 0.348 e. The molecule has 1 rings (SSSR count). The van der Waals surface area contributed by atoms with E-state index in [1.807, 2.05) is 0 Å². The number of thiazole rings is 1. The summed E-state index contributed by atoms with van der Waals surface area (Å²) in [5.41, 5.74) is 7.08. The Balaban J connectivity index is 3.08. The lowest BCUT2D eigenvalue weighted by Crippen LogP contribution is -2.30. The van der Waals surface area contributed by atoms with Crippen LogP contribution in [0.5, 0.6) is 0 Å². The van der Waals surface area contributed by atoms with Crippen molar-refractivity contribution < 1.29 is 0 Å². The van der Waals surface area contributed by atoms with Crippen LogP contribution in [0.4, 0.5) is 5.13 Å². The Hall–Kier alpha value is -0.610. The summed E-state index contributed by atoms with van der Waals surface area (Å²) < 4.78 is 0. The molecule has 0 fully saturated rings. The van der Waals surface area contributed by atoms with Gasteiger partial charge < -0.3 is 10.6 Å². The Morgan fingerprint density at radius 1 is 1.28 bits per heavy atom. The predicted molar refractivity (Wildman–Crippen MR) is 81.5 cm³/mol. The molecule has 0 radical (unpaired) electrons. The van der Waals surface area contributed by atoms with Crippen LogP contribution in [0.2, 0.25) is 0 Å². The van der Waals surface area contributed by atoms with Crippen molar-refractivity contribution in [3.8, 4) is 0 Å². The van der Waals surface area contributed by atoms with E-state index in [9.17, 15) is 0 Å². The van der Waals surface area contributed by atoms with Crippen molar-refractivity contribution in [1.29, 1.82) is 0 Å². The third-order valence-corrected chi connectivity index (χ3v) is 4.54. The van der Waals surface area contributed by atoms with E-state index in [0.717, 1.165) is 23.7 Å². The van der Waals surface area contributed by atoms with Gasteiger partial charge in [-0.3, -0.25) is 0 Å². The molecule has 0 unspecified atom stereocenters. The monoisotopic (exact) mass is 269 g/mol. The molecule has 18 heavy (non-hydrogen) atoms. The molecule has 0 bridgehead atoms. The van der Waals surface area contributed by atoms with Gasteiger partial charge in [0.2, 0.25) is 0 Å². The molecular formula is C14H27N3S. The Morgan fingerprint density at radius 3 is 2.17 bits per heavy atom. The Morgan fingerprint density at radius 2 is 1.83 bits per heavy atom. The molecule has 1 aromatic heterocycles. The van der Waals surface area contributed by atoms with Crippen molar-refractivity contribution in [3.63, 3.8) is 0 Å². The molecule has 1 aromatic rings. The summed E-state index contributed by atoms with van der Waals surface area (Å²) in [4.78, 5) is 8.36. The average molecular weight is 269 g/mol. The molecule has 3 nitrogen and oxygen atoms in total. The molecule has 1 heterocycles. The standard InChI is InChI=1S/C14H27N3S/c1-7-10(8-2)17(6)13-16-12(14(3,4)5)11(9-15)18-13/h10H,7-9,15H2,1-6H3. The smallest absolute Gasteiger partial charge is 0.185 e. The van der Waals surface area contributed by atoms with Gasteiger partial charge in [-0.05, 0) is 12.8 Å². The second-order valence-electron chi connectivity index (χ2n) is 5.80. The molecule has 0 amide bonds. The van der Waals surface area contributed by atoms with Crippen LogP contribution in [0.3, 0.4) is 0 Å². The molecule has 2 N–H and O–H groups in total. The molecule has 4 heteroatoms. The van der Waals surface area contributed by atoms with Crippen LogP contribution < -0.4 is 10.6 Å². The quantitative estimate of drug-likeness (QED) is 0.889. The number of nitrogens with two attached hydrogens (primary N) is 1. The normalized spacial score (nSPS) is 12.2. The first-order chi connectivity index (χ1) is 8.35. The first-order valence-corrected chi connectivity index (χ1v) is 7.59. The van der Waals surface area contributed by atoms with E-state index in [4.69, 9.17) is 10.7 Å². The lowest BCUT2D eigenvalue weighted by molar-refractivity contribution is 0.559. The van der Waals surface area contributed by atoms with E-state index in [0.29, 0.717) is 12.6 Å². The third kappa shape index (κ3) is 3.23. The maximum atomic E-state index is 5.85. The summed E-state index contributed by atoms with van der Waals surface area (Å²) in [7, 11) is 2.14. The zero-order chi connectivity index (χ0) is 13.9. The van der Waals surface area contributed by atoms with Gasteiger partial charge in [-0.25, -0.2) is 4.98 Å². The first kappa shape index (κ1) is 15.4. The molecule has 0 aliphatic carbocycles. The summed E-state index contributed by atoms with van der Waals surface area (Å²) in [6.07, 6.45) is 2.30. The van der Waals surface area contributed by atoms with E-state index in [1.165, 1.54) is 4.88 Å². The lowest BCUT2D eigenvalue weighted by atomic mass is 9.91. The Kier molecular flexibility index (Phi) is 5.17. The van der Waals surface area contributed by atoms with Crippen molar-refractivity contribution in [2.75, 3.05) is 11.9 Å². The molecule has 0 saturated heterocycles. The average Bonchev–Trinajstić information content (AvgIpc) is 2.74. The maximum Gasteiger partial charge on any atom is 0.185 e. The van der Waals surface area contributed by atoms with E-state index in [2.05, 4.69) is 46.6 Å². The predicted octanol–water partition coefficient (Wildman–Crippen LogP) is 3.52. The number of rotatable bonds is 5. The van der Waals surface area contributed by atoms with E-state index in [-0.39, 0.29) is 5.41 Å². The van der Waals surface area contributed by atoms with Crippen molar-refractivity contribution in [3.05, 3.63) is 10.6 Å². The minimum atomic E-state index is 0.0677. The van der Waals surface area contributed by atoms with E-state index >= 15 is 0 Å². The number of anilines is 1. The van der Waals surface area contributed by atoms with Gasteiger partial charge in [-0.1, -0.05) is 34.6 Å². The highest BCUT2D eigenvalue weighted by atomic mass is 32.1. The highest BCUT2D eigenvalue weighted by molar-refractivity contribution is 7.15. The summed E-state index contributed by atoms with van der Waals surface area (Å²) in [5, 5.41) is 1.11. The van der Waals surface area contributed by atoms with Crippen molar-refractivity contribution in [1.82, 2.24) is 4.98 Å². The second-order valence-corrected chi connectivity index (χ2v) is 6.87. The molecular weight excluding hydrogens is 242 g/mol. The van der Waals surface area contributed by atoms with Gasteiger partial charge >= 0.3 is 0 Å². The molecule has 0 spiro atoms. The SMILES string of the molecule is CCC(CC)N(C)c1nc(C(C)(C)C)c(CN)s1. The summed E-state index contributed by atoms with van der Waals surface area (Å²) in [6.45, 7) is 11.6. The first-order valence-electron chi connectivity index (χ1n) is 6.78. The molecule has 0 saturated carbocycles. The van der Waals surface area contributed by atoms with Crippen molar-refractivity contribution >= 4 is 16.5 Å². The van der Waals surface area contributed by atoms with Crippen LogP contribution >= 0.6 is 11.3 Å². The van der Waals surface area contributed by atoms with Gasteiger partial charge in [-0.15, -0.1) is 11.3 Å². The van der Waals surface area contributed by atoms with Crippen LogP contribution in [-0.4, -0.2) is 18.1 Å². The fourth-order valence-corrected chi connectivity index (χ4v) is 3.39. The minimum Gasteiger partial charge on any atom is -0.348 e. The van der Waals surface area contributed by atoms with Gasteiger partial charge in [0.1, 0.15) is 0 Å². The number of hydrogen-bond acceptors (Lipinski definition) is 4. The summed E-state index contributed by atoms with van der Waals surface area (Å²) in [5.74, 6) is 0. The molecule has 0 aliphatic heterocycles. The fourth-order valence-electron chi connectivity index (χ4n) is 2.21. The Labute approximate surface area is 115 Å². The molecule has 0 aromatic carbocycles.